The lowest BCUT2D eigenvalue weighted by molar-refractivity contribution is 0.286. The van der Waals surface area contributed by atoms with E-state index in [0.29, 0.717) is 15.9 Å². The highest BCUT2D eigenvalue weighted by atomic mass is 35.5. The van der Waals surface area contributed by atoms with Gasteiger partial charge in [-0.3, -0.25) is 4.79 Å². The van der Waals surface area contributed by atoms with E-state index in [1.807, 2.05) is 30.3 Å². The minimum atomic E-state index is -0.488. The lowest BCUT2D eigenvalue weighted by Gasteiger charge is -2.09. The molecule has 0 aliphatic rings. The standard InChI is InChI=1S/C16H12ClNO3/c17-11-6-7-12-13(8-11)18-16(20)15(14(12)19)21-9-10-4-2-1-3-5-10/h1-8H,9H2,(H2,18,19,20). The molecule has 1 aromatic heterocycles. The van der Waals surface area contributed by atoms with Gasteiger partial charge >= 0.3 is 0 Å². The van der Waals surface area contributed by atoms with Gasteiger partial charge in [-0.25, -0.2) is 0 Å². The van der Waals surface area contributed by atoms with Crippen molar-refractivity contribution in [2.75, 3.05) is 0 Å². The van der Waals surface area contributed by atoms with Crippen LogP contribution in [0.25, 0.3) is 10.9 Å². The summed E-state index contributed by atoms with van der Waals surface area (Å²) in [5, 5.41) is 11.2. The maximum Gasteiger partial charge on any atom is 0.294 e. The Balaban J connectivity index is 1.99. The van der Waals surface area contributed by atoms with Crippen LogP contribution in [0.5, 0.6) is 11.5 Å². The smallest absolute Gasteiger partial charge is 0.294 e. The molecule has 0 bridgehead atoms. The van der Waals surface area contributed by atoms with Crippen molar-refractivity contribution in [1.29, 1.82) is 0 Å². The maximum absolute atomic E-state index is 12.0. The van der Waals surface area contributed by atoms with Crippen LogP contribution in [0.4, 0.5) is 0 Å². The molecule has 21 heavy (non-hydrogen) atoms. The number of halogens is 1. The number of ether oxygens (including phenoxy) is 1. The molecule has 2 aromatic carbocycles. The van der Waals surface area contributed by atoms with Gasteiger partial charge in [0.2, 0.25) is 5.75 Å². The van der Waals surface area contributed by atoms with E-state index < -0.39 is 5.56 Å². The van der Waals surface area contributed by atoms with E-state index in [0.717, 1.165) is 5.56 Å². The summed E-state index contributed by atoms with van der Waals surface area (Å²) >= 11 is 5.87. The largest absolute Gasteiger partial charge is 0.504 e. The van der Waals surface area contributed by atoms with Crippen LogP contribution in [0.1, 0.15) is 5.56 Å². The van der Waals surface area contributed by atoms with Crippen molar-refractivity contribution >= 4 is 22.5 Å². The molecular formula is C16H12ClNO3. The molecule has 2 N–H and O–H groups in total. The van der Waals surface area contributed by atoms with Gasteiger partial charge in [-0.15, -0.1) is 0 Å². The van der Waals surface area contributed by atoms with Crippen LogP contribution in [-0.4, -0.2) is 10.1 Å². The second kappa shape index (κ2) is 5.50. The molecule has 106 valence electrons. The zero-order valence-electron chi connectivity index (χ0n) is 11.0. The SMILES string of the molecule is O=c1[nH]c2cc(Cl)ccc2c(O)c1OCc1ccccc1. The van der Waals surface area contributed by atoms with E-state index in [1.165, 1.54) is 0 Å². The Kier molecular flexibility index (Phi) is 3.54. The highest BCUT2D eigenvalue weighted by Gasteiger charge is 2.13. The van der Waals surface area contributed by atoms with Gasteiger partial charge in [0.15, 0.2) is 5.75 Å². The number of H-pyrrole nitrogens is 1. The van der Waals surface area contributed by atoms with Crippen molar-refractivity contribution in [3.8, 4) is 11.5 Å². The van der Waals surface area contributed by atoms with E-state index in [4.69, 9.17) is 16.3 Å². The Labute approximate surface area is 125 Å². The van der Waals surface area contributed by atoms with E-state index in [2.05, 4.69) is 4.98 Å². The van der Waals surface area contributed by atoms with Gasteiger partial charge in [0.25, 0.3) is 5.56 Å². The molecule has 0 spiro atoms. The van der Waals surface area contributed by atoms with Crippen molar-refractivity contribution in [1.82, 2.24) is 4.98 Å². The van der Waals surface area contributed by atoms with Crippen LogP contribution in [0.15, 0.2) is 53.3 Å². The summed E-state index contributed by atoms with van der Waals surface area (Å²) in [5.74, 6) is -0.268. The fraction of sp³-hybridized carbons (Fsp3) is 0.0625. The Morgan fingerprint density at radius 1 is 1.14 bits per heavy atom. The fourth-order valence-corrected chi connectivity index (χ4v) is 2.27. The van der Waals surface area contributed by atoms with Crippen molar-refractivity contribution in [3.63, 3.8) is 0 Å². The van der Waals surface area contributed by atoms with E-state index >= 15 is 0 Å². The number of aromatic hydroxyl groups is 1. The molecule has 0 atom stereocenters. The topological polar surface area (TPSA) is 62.3 Å². The lowest BCUT2D eigenvalue weighted by atomic mass is 10.2. The molecule has 0 fully saturated rings. The zero-order valence-corrected chi connectivity index (χ0v) is 11.7. The first kappa shape index (κ1) is 13.5. The van der Waals surface area contributed by atoms with Crippen LogP contribution >= 0.6 is 11.6 Å². The summed E-state index contributed by atoms with van der Waals surface area (Å²) in [6.45, 7) is 0.205. The van der Waals surface area contributed by atoms with Gasteiger partial charge in [0, 0.05) is 10.4 Å². The fourth-order valence-electron chi connectivity index (χ4n) is 2.10. The lowest BCUT2D eigenvalue weighted by Crippen LogP contribution is -2.11. The minimum absolute atomic E-state index is 0.0892. The Bertz CT molecular complexity index is 843. The average molecular weight is 302 g/mol. The van der Waals surface area contributed by atoms with Gasteiger partial charge in [0.05, 0.1) is 5.52 Å². The molecule has 0 saturated heterocycles. The van der Waals surface area contributed by atoms with E-state index in [-0.39, 0.29) is 18.1 Å². The number of pyridine rings is 1. The van der Waals surface area contributed by atoms with Crippen molar-refractivity contribution in [2.45, 2.75) is 6.61 Å². The molecule has 5 heteroatoms. The molecule has 0 saturated carbocycles. The first-order chi connectivity index (χ1) is 10.1. The summed E-state index contributed by atoms with van der Waals surface area (Å²) in [6.07, 6.45) is 0. The number of aromatic nitrogens is 1. The first-order valence-corrected chi connectivity index (χ1v) is 6.74. The van der Waals surface area contributed by atoms with Crippen LogP contribution < -0.4 is 10.3 Å². The number of hydrogen-bond acceptors (Lipinski definition) is 3. The molecule has 0 aliphatic heterocycles. The normalized spacial score (nSPS) is 10.7. The predicted octanol–water partition coefficient (Wildman–Crippen LogP) is 3.47. The van der Waals surface area contributed by atoms with Crippen molar-refractivity contribution in [2.24, 2.45) is 0 Å². The Morgan fingerprint density at radius 2 is 1.90 bits per heavy atom. The summed E-state index contributed by atoms with van der Waals surface area (Å²) in [4.78, 5) is 14.7. The summed E-state index contributed by atoms with van der Waals surface area (Å²) in [6, 6.07) is 14.3. The van der Waals surface area contributed by atoms with Crippen LogP contribution in [0.2, 0.25) is 5.02 Å². The van der Waals surface area contributed by atoms with Gasteiger partial charge in [-0.2, -0.15) is 0 Å². The molecule has 1 heterocycles. The van der Waals surface area contributed by atoms with Gasteiger partial charge in [-0.05, 0) is 23.8 Å². The molecule has 0 unspecified atom stereocenters. The number of hydrogen-bond donors (Lipinski definition) is 2. The summed E-state index contributed by atoms with van der Waals surface area (Å²) in [7, 11) is 0. The molecular weight excluding hydrogens is 290 g/mol. The molecule has 3 rings (SSSR count). The average Bonchev–Trinajstić information content (AvgIpc) is 2.47. The van der Waals surface area contributed by atoms with Crippen molar-refractivity contribution in [3.05, 3.63) is 69.5 Å². The molecule has 0 aliphatic carbocycles. The Morgan fingerprint density at radius 3 is 2.67 bits per heavy atom. The van der Waals surface area contributed by atoms with Crippen molar-refractivity contribution < 1.29 is 9.84 Å². The highest BCUT2D eigenvalue weighted by Crippen LogP contribution is 2.31. The summed E-state index contributed by atoms with van der Waals surface area (Å²) < 4.78 is 5.47. The van der Waals surface area contributed by atoms with Crippen LogP contribution in [-0.2, 0) is 6.61 Å². The second-order valence-corrected chi connectivity index (χ2v) is 5.03. The third-order valence-electron chi connectivity index (χ3n) is 3.13. The molecule has 0 radical (unpaired) electrons. The van der Waals surface area contributed by atoms with Crippen LogP contribution in [0, 0.1) is 0 Å². The van der Waals surface area contributed by atoms with Gasteiger partial charge < -0.3 is 14.8 Å². The number of rotatable bonds is 3. The second-order valence-electron chi connectivity index (χ2n) is 4.60. The Hall–Kier alpha value is -2.46. The maximum atomic E-state index is 12.0. The first-order valence-electron chi connectivity index (χ1n) is 6.36. The van der Waals surface area contributed by atoms with E-state index in [1.54, 1.807) is 18.2 Å². The minimum Gasteiger partial charge on any atom is -0.504 e. The zero-order chi connectivity index (χ0) is 14.8. The number of aromatic amines is 1. The van der Waals surface area contributed by atoms with E-state index in [9.17, 15) is 9.90 Å². The quantitative estimate of drug-likeness (QED) is 0.778. The molecule has 3 aromatic rings. The molecule has 0 amide bonds. The third kappa shape index (κ3) is 2.71. The molecule has 4 nitrogen and oxygen atoms in total. The predicted molar refractivity (Wildman–Crippen MR) is 82.0 cm³/mol. The number of fused-ring (bicyclic) bond motifs is 1. The highest BCUT2D eigenvalue weighted by molar-refractivity contribution is 6.31. The summed E-state index contributed by atoms with van der Waals surface area (Å²) in [5.41, 5.74) is 0.891. The number of nitrogens with one attached hydrogen (secondary N) is 1. The van der Waals surface area contributed by atoms with Gasteiger partial charge in [0.1, 0.15) is 6.61 Å². The third-order valence-corrected chi connectivity index (χ3v) is 3.37. The number of benzene rings is 2. The van der Waals surface area contributed by atoms with Gasteiger partial charge in [-0.1, -0.05) is 41.9 Å². The monoisotopic (exact) mass is 301 g/mol. The van der Waals surface area contributed by atoms with Crippen LogP contribution in [0.3, 0.4) is 0 Å².